The monoisotopic (exact) mass is 328 g/mol. The molecular weight excluding hydrogens is 312 g/mol. The van der Waals surface area contributed by atoms with Gasteiger partial charge in [0.1, 0.15) is 6.54 Å². The molecule has 6 heteroatoms. The number of aliphatic hydroxyl groups excluding tert-OH is 1. The van der Waals surface area contributed by atoms with E-state index in [1.807, 2.05) is 0 Å². The molecule has 19 heavy (non-hydrogen) atoms. The summed E-state index contributed by atoms with van der Waals surface area (Å²) < 4.78 is 2.09. The van der Waals surface area contributed by atoms with E-state index in [0.29, 0.717) is 0 Å². The van der Waals surface area contributed by atoms with E-state index in [1.54, 1.807) is 12.3 Å². The van der Waals surface area contributed by atoms with Crippen LogP contribution in [-0.4, -0.2) is 27.7 Å². The quantitative estimate of drug-likeness (QED) is 0.870. The first kappa shape index (κ1) is 14.3. The van der Waals surface area contributed by atoms with E-state index < -0.39 is 6.10 Å². The molecular formula is C13H17BrN2O3. The van der Waals surface area contributed by atoms with E-state index >= 15 is 0 Å². The number of carbonyl (C=O) groups is 1. The number of aromatic nitrogens is 1. The van der Waals surface area contributed by atoms with E-state index in [9.17, 15) is 14.7 Å². The second kappa shape index (κ2) is 6.34. The molecule has 0 saturated heterocycles. The number of carbonyl (C=O) groups excluding carboxylic acids is 1. The molecule has 2 rings (SSSR count). The van der Waals surface area contributed by atoms with Crippen molar-refractivity contribution in [3.8, 4) is 0 Å². The summed E-state index contributed by atoms with van der Waals surface area (Å²) in [7, 11) is 0. The van der Waals surface area contributed by atoms with E-state index in [4.69, 9.17) is 0 Å². The van der Waals surface area contributed by atoms with Crippen LogP contribution in [0.4, 0.5) is 0 Å². The molecule has 1 heterocycles. The van der Waals surface area contributed by atoms with Crippen LogP contribution in [-0.2, 0) is 11.3 Å². The normalized spacial score (nSPS) is 23.1. The highest BCUT2D eigenvalue weighted by molar-refractivity contribution is 9.10. The Balaban J connectivity index is 1.97. The van der Waals surface area contributed by atoms with Crippen molar-refractivity contribution in [1.82, 2.24) is 9.88 Å². The molecule has 0 radical (unpaired) electrons. The molecule has 2 atom stereocenters. The molecule has 0 aliphatic heterocycles. The van der Waals surface area contributed by atoms with E-state index in [-0.39, 0.29) is 24.1 Å². The Morgan fingerprint density at radius 2 is 2.16 bits per heavy atom. The predicted molar refractivity (Wildman–Crippen MR) is 74.8 cm³/mol. The van der Waals surface area contributed by atoms with Crippen LogP contribution in [0.5, 0.6) is 0 Å². The number of hydrogen-bond donors (Lipinski definition) is 2. The van der Waals surface area contributed by atoms with Crippen LogP contribution in [0.2, 0.25) is 0 Å². The molecule has 5 nitrogen and oxygen atoms in total. The van der Waals surface area contributed by atoms with E-state index in [2.05, 4.69) is 21.2 Å². The van der Waals surface area contributed by atoms with Gasteiger partial charge in [-0.2, -0.15) is 0 Å². The maximum absolute atomic E-state index is 11.9. The van der Waals surface area contributed by atoms with Gasteiger partial charge in [-0.25, -0.2) is 0 Å². The molecule has 1 fully saturated rings. The Hall–Kier alpha value is -1.14. The van der Waals surface area contributed by atoms with Crippen LogP contribution < -0.4 is 10.9 Å². The first-order chi connectivity index (χ1) is 9.06. The number of nitrogens with zero attached hydrogens (tertiary/aromatic N) is 1. The topological polar surface area (TPSA) is 71.3 Å². The number of rotatable bonds is 3. The van der Waals surface area contributed by atoms with Crippen molar-refractivity contribution in [3.63, 3.8) is 0 Å². The highest BCUT2D eigenvalue weighted by Crippen LogP contribution is 2.18. The average molecular weight is 329 g/mol. The molecule has 1 saturated carbocycles. The van der Waals surface area contributed by atoms with Crippen LogP contribution in [0.15, 0.2) is 27.6 Å². The van der Waals surface area contributed by atoms with Crippen LogP contribution in [0.25, 0.3) is 0 Å². The van der Waals surface area contributed by atoms with Crippen molar-refractivity contribution in [2.24, 2.45) is 0 Å². The Morgan fingerprint density at radius 1 is 1.42 bits per heavy atom. The summed E-state index contributed by atoms with van der Waals surface area (Å²) in [5.74, 6) is -0.244. The van der Waals surface area contributed by atoms with Gasteiger partial charge in [0.2, 0.25) is 5.91 Å². The smallest absolute Gasteiger partial charge is 0.251 e. The average Bonchev–Trinajstić information content (AvgIpc) is 2.37. The van der Waals surface area contributed by atoms with Gasteiger partial charge in [0.25, 0.3) is 5.56 Å². The Bertz CT molecular complexity index is 515. The molecule has 1 aromatic rings. The number of hydrogen-bond acceptors (Lipinski definition) is 3. The fourth-order valence-corrected chi connectivity index (χ4v) is 2.69. The first-order valence-corrected chi connectivity index (χ1v) is 7.19. The van der Waals surface area contributed by atoms with Gasteiger partial charge in [-0.3, -0.25) is 9.59 Å². The molecule has 1 aliphatic carbocycles. The second-order valence-corrected chi connectivity index (χ2v) is 5.75. The minimum absolute atomic E-state index is 0.0263. The Kier molecular flexibility index (Phi) is 4.76. The molecule has 2 N–H and O–H groups in total. The van der Waals surface area contributed by atoms with E-state index in [0.717, 1.165) is 30.2 Å². The lowest BCUT2D eigenvalue weighted by atomic mass is 9.92. The molecule has 1 aromatic heterocycles. The van der Waals surface area contributed by atoms with Gasteiger partial charge in [-0.1, -0.05) is 12.8 Å². The highest BCUT2D eigenvalue weighted by atomic mass is 79.9. The second-order valence-electron chi connectivity index (χ2n) is 4.84. The maximum Gasteiger partial charge on any atom is 0.251 e. The summed E-state index contributed by atoms with van der Waals surface area (Å²) in [4.78, 5) is 23.5. The van der Waals surface area contributed by atoms with Gasteiger partial charge in [0.15, 0.2) is 0 Å². The zero-order chi connectivity index (χ0) is 13.8. The summed E-state index contributed by atoms with van der Waals surface area (Å²) in [6.07, 6.45) is 4.63. The molecule has 0 spiro atoms. The third-order valence-corrected chi connectivity index (χ3v) is 3.81. The van der Waals surface area contributed by atoms with Crippen LogP contribution in [0.3, 0.4) is 0 Å². The van der Waals surface area contributed by atoms with Gasteiger partial charge in [0.05, 0.1) is 12.1 Å². The van der Waals surface area contributed by atoms with Gasteiger partial charge in [-0.05, 0) is 34.8 Å². The minimum Gasteiger partial charge on any atom is -0.391 e. The summed E-state index contributed by atoms with van der Waals surface area (Å²) >= 11 is 3.26. The zero-order valence-corrected chi connectivity index (χ0v) is 12.1. The summed E-state index contributed by atoms with van der Waals surface area (Å²) in [6.45, 7) is -0.0263. The highest BCUT2D eigenvalue weighted by Gasteiger charge is 2.24. The molecule has 1 amide bonds. The zero-order valence-electron chi connectivity index (χ0n) is 10.5. The SMILES string of the molecule is O=C(Cn1cc(Br)ccc1=O)N[C@H]1CCCC[C@@H]1O. The Morgan fingerprint density at radius 3 is 2.89 bits per heavy atom. The summed E-state index contributed by atoms with van der Waals surface area (Å²) in [5, 5.41) is 12.6. The lowest BCUT2D eigenvalue weighted by Crippen LogP contribution is -2.46. The van der Waals surface area contributed by atoms with Crippen LogP contribution >= 0.6 is 15.9 Å². The van der Waals surface area contributed by atoms with Gasteiger partial charge in [-0.15, -0.1) is 0 Å². The Labute approximate surface area is 119 Å². The summed E-state index contributed by atoms with van der Waals surface area (Å²) in [6, 6.07) is 2.86. The van der Waals surface area contributed by atoms with Crippen molar-refractivity contribution in [2.75, 3.05) is 0 Å². The van der Waals surface area contributed by atoms with E-state index in [1.165, 1.54) is 10.6 Å². The number of amides is 1. The minimum atomic E-state index is -0.475. The lowest BCUT2D eigenvalue weighted by molar-refractivity contribution is -0.123. The lowest BCUT2D eigenvalue weighted by Gasteiger charge is -2.28. The van der Waals surface area contributed by atoms with Crippen molar-refractivity contribution >= 4 is 21.8 Å². The maximum atomic E-state index is 11.9. The standard InChI is InChI=1S/C13H17BrN2O3/c14-9-5-6-13(19)16(7-9)8-12(18)15-10-3-1-2-4-11(10)17/h5-7,10-11,17H,1-4,8H2,(H,15,18)/t10-,11-/m0/s1. The number of halogens is 1. The van der Waals surface area contributed by atoms with Crippen molar-refractivity contribution in [2.45, 2.75) is 44.4 Å². The van der Waals surface area contributed by atoms with Crippen LogP contribution in [0, 0.1) is 0 Å². The fraction of sp³-hybridized carbons (Fsp3) is 0.538. The van der Waals surface area contributed by atoms with Gasteiger partial charge in [0, 0.05) is 16.7 Å². The van der Waals surface area contributed by atoms with Crippen molar-refractivity contribution in [3.05, 3.63) is 33.2 Å². The first-order valence-electron chi connectivity index (χ1n) is 6.39. The molecule has 1 aliphatic rings. The predicted octanol–water partition coefficient (Wildman–Crippen LogP) is 1.03. The molecule has 0 aromatic carbocycles. The number of pyridine rings is 1. The number of nitrogens with one attached hydrogen (secondary N) is 1. The number of aliphatic hydroxyl groups is 1. The molecule has 0 bridgehead atoms. The van der Waals surface area contributed by atoms with Crippen LogP contribution in [0.1, 0.15) is 25.7 Å². The van der Waals surface area contributed by atoms with Crippen molar-refractivity contribution in [1.29, 1.82) is 0 Å². The summed E-state index contributed by atoms with van der Waals surface area (Å²) in [5.41, 5.74) is -0.220. The largest absolute Gasteiger partial charge is 0.391 e. The van der Waals surface area contributed by atoms with Gasteiger partial charge >= 0.3 is 0 Å². The fourth-order valence-electron chi connectivity index (χ4n) is 2.31. The van der Waals surface area contributed by atoms with Crippen molar-refractivity contribution < 1.29 is 9.90 Å². The molecule has 104 valence electrons. The molecule has 0 unspecified atom stereocenters. The third-order valence-electron chi connectivity index (χ3n) is 3.34. The van der Waals surface area contributed by atoms with Gasteiger partial charge < -0.3 is 15.0 Å². The third kappa shape index (κ3) is 3.91.